The standard InChI is InChI=1S/C25H26F6N2O4/c1-23(2)36-19(17(32-21(34)24(26,27)28)13-15-9-5-3-6-10-15)20(37-23)18(33-22(35)25(29,30)31)14-16-11-7-4-8-12-16/h3-12,17-20H,13-14H2,1-2H3,(H,32,34)(H,33,35). The Labute approximate surface area is 209 Å². The highest BCUT2D eigenvalue weighted by Crippen LogP contribution is 2.34. The topological polar surface area (TPSA) is 76.7 Å². The third kappa shape index (κ3) is 7.93. The van der Waals surface area contributed by atoms with E-state index in [0.29, 0.717) is 11.1 Å². The number of hydrogen-bond acceptors (Lipinski definition) is 4. The first-order chi connectivity index (χ1) is 17.2. The molecular formula is C25H26F6N2O4. The molecule has 4 unspecified atom stereocenters. The second-order valence-corrected chi connectivity index (χ2v) is 9.10. The van der Waals surface area contributed by atoms with Gasteiger partial charge in [0.1, 0.15) is 12.2 Å². The maximum absolute atomic E-state index is 13.2. The van der Waals surface area contributed by atoms with Crippen molar-refractivity contribution in [1.82, 2.24) is 10.6 Å². The van der Waals surface area contributed by atoms with Crippen LogP contribution >= 0.6 is 0 Å². The van der Waals surface area contributed by atoms with Crippen molar-refractivity contribution in [3.8, 4) is 0 Å². The Kier molecular flexibility index (Phi) is 8.53. The lowest BCUT2D eigenvalue weighted by molar-refractivity contribution is -0.177. The van der Waals surface area contributed by atoms with Gasteiger partial charge in [-0.15, -0.1) is 0 Å². The second kappa shape index (κ2) is 11.1. The third-order valence-corrected chi connectivity index (χ3v) is 5.70. The number of alkyl halides is 6. The monoisotopic (exact) mass is 532 g/mol. The lowest BCUT2D eigenvalue weighted by Gasteiger charge is -2.32. The number of nitrogens with one attached hydrogen (secondary N) is 2. The predicted octanol–water partition coefficient (Wildman–Crippen LogP) is 4.09. The van der Waals surface area contributed by atoms with Crippen LogP contribution in [0.15, 0.2) is 60.7 Å². The smallest absolute Gasteiger partial charge is 0.342 e. The molecule has 1 fully saturated rings. The van der Waals surface area contributed by atoms with Crippen LogP contribution in [0.1, 0.15) is 25.0 Å². The van der Waals surface area contributed by atoms with E-state index in [1.54, 1.807) is 60.7 Å². The summed E-state index contributed by atoms with van der Waals surface area (Å²) in [6, 6.07) is 13.7. The van der Waals surface area contributed by atoms with Crippen LogP contribution in [0.25, 0.3) is 0 Å². The Morgan fingerprint density at radius 2 is 1.05 bits per heavy atom. The second-order valence-electron chi connectivity index (χ2n) is 9.10. The van der Waals surface area contributed by atoms with Crippen molar-refractivity contribution in [2.45, 2.75) is 69.1 Å². The Bertz CT molecular complexity index is 977. The van der Waals surface area contributed by atoms with E-state index in [4.69, 9.17) is 9.47 Å². The number of benzene rings is 2. The molecule has 0 saturated carbocycles. The van der Waals surface area contributed by atoms with E-state index >= 15 is 0 Å². The summed E-state index contributed by atoms with van der Waals surface area (Å²) in [5.41, 5.74) is 1.09. The van der Waals surface area contributed by atoms with Crippen LogP contribution in [-0.4, -0.2) is 54.2 Å². The number of rotatable bonds is 8. The minimum atomic E-state index is -5.21. The number of ether oxygens (including phenoxy) is 2. The summed E-state index contributed by atoms with van der Waals surface area (Å²) in [6.07, 6.45) is -13.4. The number of halogens is 6. The number of amides is 2. The normalized spacial score (nSPS) is 21.2. The Morgan fingerprint density at radius 1 is 0.730 bits per heavy atom. The largest absolute Gasteiger partial charge is 0.471 e. The van der Waals surface area contributed by atoms with Gasteiger partial charge >= 0.3 is 24.2 Å². The SMILES string of the molecule is CC1(C)OC(C(Cc2ccccc2)NC(=O)C(F)(F)F)C(C(Cc2ccccc2)NC(=O)C(F)(F)F)O1. The molecule has 2 amide bonds. The fourth-order valence-electron chi connectivity index (χ4n) is 4.17. The summed E-state index contributed by atoms with van der Waals surface area (Å²) in [4.78, 5) is 23.8. The first-order valence-electron chi connectivity index (χ1n) is 11.3. The lowest BCUT2D eigenvalue weighted by Crippen LogP contribution is -2.58. The highest BCUT2D eigenvalue weighted by molar-refractivity contribution is 5.82. The summed E-state index contributed by atoms with van der Waals surface area (Å²) >= 11 is 0. The number of carbonyl (C=O) groups excluding carboxylic acids is 2. The molecule has 0 aliphatic carbocycles. The van der Waals surface area contributed by atoms with Crippen molar-refractivity contribution in [3.05, 3.63) is 71.8 Å². The zero-order valence-electron chi connectivity index (χ0n) is 19.9. The first kappa shape index (κ1) is 28.5. The van der Waals surface area contributed by atoms with Crippen molar-refractivity contribution >= 4 is 11.8 Å². The van der Waals surface area contributed by atoms with E-state index in [-0.39, 0.29) is 12.8 Å². The molecule has 37 heavy (non-hydrogen) atoms. The van der Waals surface area contributed by atoms with Crippen molar-refractivity contribution in [1.29, 1.82) is 0 Å². The zero-order chi connectivity index (χ0) is 27.4. The molecule has 1 aliphatic rings. The molecule has 2 aromatic carbocycles. The highest BCUT2D eigenvalue weighted by atomic mass is 19.4. The van der Waals surface area contributed by atoms with Crippen molar-refractivity contribution < 1.29 is 45.4 Å². The fraction of sp³-hybridized carbons (Fsp3) is 0.440. The molecule has 4 atom stereocenters. The van der Waals surface area contributed by atoms with Gasteiger partial charge in [-0.2, -0.15) is 26.3 Å². The summed E-state index contributed by atoms with van der Waals surface area (Å²) in [5.74, 6) is -5.91. The minimum absolute atomic E-state index is 0.144. The molecule has 0 aromatic heterocycles. The van der Waals surface area contributed by atoms with Crippen molar-refractivity contribution in [2.24, 2.45) is 0 Å². The first-order valence-corrected chi connectivity index (χ1v) is 11.3. The van der Waals surface area contributed by atoms with Crippen LogP contribution in [-0.2, 0) is 31.9 Å². The van der Waals surface area contributed by atoms with Gasteiger partial charge in [0.05, 0.1) is 12.1 Å². The van der Waals surface area contributed by atoms with Gasteiger partial charge < -0.3 is 20.1 Å². The van der Waals surface area contributed by atoms with E-state index in [1.165, 1.54) is 13.8 Å². The van der Waals surface area contributed by atoms with Crippen LogP contribution in [0.2, 0.25) is 0 Å². The quantitative estimate of drug-likeness (QED) is 0.503. The molecule has 12 heteroatoms. The molecule has 3 rings (SSSR count). The average Bonchev–Trinajstić information content (AvgIpc) is 3.13. The van der Waals surface area contributed by atoms with Gasteiger partial charge in [0.15, 0.2) is 5.79 Å². The van der Waals surface area contributed by atoms with Gasteiger partial charge in [-0.3, -0.25) is 9.59 Å². The van der Waals surface area contributed by atoms with Gasteiger partial charge in [0.2, 0.25) is 0 Å². The molecule has 1 saturated heterocycles. The molecule has 1 heterocycles. The molecule has 6 nitrogen and oxygen atoms in total. The third-order valence-electron chi connectivity index (χ3n) is 5.70. The van der Waals surface area contributed by atoms with E-state index in [2.05, 4.69) is 0 Å². The van der Waals surface area contributed by atoms with Gasteiger partial charge in [-0.25, -0.2) is 0 Å². The van der Waals surface area contributed by atoms with Crippen LogP contribution in [0.5, 0.6) is 0 Å². The van der Waals surface area contributed by atoms with Crippen LogP contribution in [0.4, 0.5) is 26.3 Å². The van der Waals surface area contributed by atoms with E-state index in [1.807, 2.05) is 10.6 Å². The average molecular weight is 532 g/mol. The summed E-state index contributed by atoms with van der Waals surface area (Å²) < 4.78 is 90.7. The molecule has 0 radical (unpaired) electrons. The molecule has 202 valence electrons. The molecule has 0 spiro atoms. The van der Waals surface area contributed by atoms with Crippen molar-refractivity contribution in [2.75, 3.05) is 0 Å². The maximum Gasteiger partial charge on any atom is 0.471 e. The number of carbonyl (C=O) groups is 2. The van der Waals surface area contributed by atoms with E-state index in [0.717, 1.165) is 0 Å². The Balaban J connectivity index is 2.00. The Morgan fingerprint density at radius 3 is 1.35 bits per heavy atom. The van der Waals surface area contributed by atoms with E-state index < -0.39 is 54.2 Å². The van der Waals surface area contributed by atoms with Gasteiger partial charge in [0.25, 0.3) is 0 Å². The van der Waals surface area contributed by atoms with Crippen LogP contribution < -0.4 is 10.6 Å². The van der Waals surface area contributed by atoms with Crippen LogP contribution in [0, 0.1) is 0 Å². The molecule has 2 N–H and O–H groups in total. The van der Waals surface area contributed by atoms with Gasteiger partial charge in [-0.1, -0.05) is 60.7 Å². The molecule has 2 aromatic rings. The predicted molar refractivity (Wildman–Crippen MR) is 120 cm³/mol. The summed E-state index contributed by atoms with van der Waals surface area (Å²) in [5, 5.41) is 3.83. The van der Waals surface area contributed by atoms with Gasteiger partial charge in [0, 0.05) is 0 Å². The molecular weight excluding hydrogens is 506 g/mol. The highest BCUT2D eigenvalue weighted by Gasteiger charge is 2.52. The zero-order valence-corrected chi connectivity index (χ0v) is 19.9. The molecule has 0 bridgehead atoms. The molecule has 1 aliphatic heterocycles. The number of hydrogen-bond donors (Lipinski definition) is 2. The van der Waals surface area contributed by atoms with Crippen molar-refractivity contribution in [3.63, 3.8) is 0 Å². The maximum atomic E-state index is 13.2. The fourth-order valence-corrected chi connectivity index (χ4v) is 4.17. The lowest BCUT2D eigenvalue weighted by atomic mass is 9.91. The van der Waals surface area contributed by atoms with Gasteiger partial charge in [-0.05, 0) is 37.8 Å². The minimum Gasteiger partial charge on any atom is -0.342 e. The Hall–Kier alpha value is -3.12. The van der Waals surface area contributed by atoms with E-state index in [9.17, 15) is 35.9 Å². The summed E-state index contributed by atoms with van der Waals surface area (Å²) in [6.45, 7) is 2.88. The van der Waals surface area contributed by atoms with Crippen LogP contribution in [0.3, 0.4) is 0 Å². The summed E-state index contributed by atoms with van der Waals surface area (Å²) in [7, 11) is 0.